The molecular weight excluding hydrogens is 355 g/mol. The number of piperidine rings is 3. The molecule has 0 aliphatic carbocycles. The van der Waals surface area contributed by atoms with Gasteiger partial charge in [-0.1, -0.05) is 16.8 Å². The summed E-state index contributed by atoms with van der Waals surface area (Å²) < 4.78 is 44.9. The molecule has 8 heteroatoms. The second-order valence-corrected chi connectivity index (χ2v) is 7.84. The Morgan fingerprint density at radius 2 is 1.96 bits per heavy atom. The first kappa shape index (κ1) is 17.0. The fraction of sp³-hybridized carbons (Fsp3) is 0.588. The molecule has 2 aromatic rings. The lowest BCUT2D eigenvalue weighted by Gasteiger charge is -2.56. The lowest BCUT2D eigenvalue weighted by atomic mass is 9.72. The van der Waals surface area contributed by atoms with E-state index in [0.29, 0.717) is 17.1 Å². The average molecular weight is 374 g/mol. The number of aromatic nitrogens is 1. The Hall–Kier alpha value is -1.47. The molecule has 1 aromatic heterocycles. The van der Waals surface area contributed by atoms with E-state index in [4.69, 9.17) is 16.1 Å². The van der Waals surface area contributed by atoms with Crippen molar-refractivity contribution in [2.24, 2.45) is 5.92 Å². The van der Waals surface area contributed by atoms with Gasteiger partial charge in [0.15, 0.2) is 11.4 Å². The Morgan fingerprint density at radius 1 is 1.28 bits per heavy atom. The Labute approximate surface area is 148 Å². The number of rotatable bonds is 2. The van der Waals surface area contributed by atoms with Crippen LogP contribution in [0.5, 0.6) is 0 Å². The number of halogens is 4. The van der Waals surface area contributed by atoms with Crippen molar-refractivity contribution in [2.75, 3.05) is 18.4 Å². The van der Waals surface area contributed by atoms with Crippen LogP contribution in [0.15, 0.2) is 16.7 Å². The summed E-state index contributed by atoms with van der Waals surface area (Å²) in [5, 5.41) is 7.18. The standard InChI is InChI=1S/C17H19ClF3N3O/c1-16(2)14(9-5-7-24(16)8-6-9)22-15-10-3-4-11(18)12(17(19,20)21)13(10)25-23-15/h3-4,9,14H,5-8H2,1-2H3,(H,22,23)/t14-/m0/s1. The lowest BCUT2D eigenvalue weighted by molar-refractivity contribution is -0.136. The molecular formula is C17H19ClF3N3O. The van der Waals surface area contributed by atoms with Gasteiger partial charge in [0.05, 0.1) is 10.4 Å². The molecule has 0 saturated carbocycles. The Bertz CT molecular complexity index is 809. The van der Waals surface area contributed by atoms with Gasteiger partial charge in [-0.3, -0.25) is 4.90 Å². The Balaban J connectivity index is 1.74. The van der Waals surface area contributed by atoms with E-state index in [9.17, 15) is 13.2 Å². The van der Waals surface area contributed by atoms with Crippen molar-refractivity contribution in [1.82, 2.24) is 10.1 Å². The number of anilines is 1. The molecule has 3 fully saturated rings. The smallest absolute Gasteiger partial charge is 0.362 e. The highest BCUT2D eigenvalue weighted by Crippen LogP contribution is 2.44. The van der Waals surface area contributed by atoms with Crippen molar-refractivity contribution in [2.45, 2.75) is 44.4 Å². The minimum Gasteiger partial charge on any atom is -0.362 e. The van der Waals surface area contributed by atoms with Gasteiger partial charge in [-0.05, 0) is 57.8 Å². The predicted molar refractivity (Wildman–Crippen MR) is 89.8 cm³/mol. The minimum absolute atomic E-state index is 0.0915. The highest BCUT2D eigenvalue weighted by molar-refractivity contribution is 6.32. The number of hydrogen-bond donors (Lipinski definition) is 1. The molecule has 136 valence electrons. The molecule has 1 N–H and O–H groups in total. The minimum atomic E-state index is -4.59. The van der Waals surface area contributed by atoms with E-state index in [-0.39, 0.29) is 22.2 Å². The fourth-order valence-corrected chi connectivity index (χ4v) is 4.63. The summed E-state index contributed by atoms with van der Waals surface area (Å²) in [7, 11) is 0. The van der Waals surface area contributed by atoms with Gasteiger partial charge < -0.3 is 9.84 Å². The van der Waals surface area contributed by atoms with E-state index in [1.54, 1.807) is 0 Å². The third-order valence-electron chi connectivity index (χ3n) is 5.75. The fourth-order valence-electron chi connectivity index (χ4n) is 4.37. The molecule has 0 amide bonds. The average Bonchev–Trinajstić information content (AvgIpc) is 2.92. The Kier molecular flexibility index (Phi) is 3.74. The maximum absolute atomic E-state index is 13.3. The summed E-state index contributed by atoms with van der Waals surface area (Å²) >= 11 is 5.75. The highest BCUT2D eigenvalue weighted by atomic mass is 35.5. The second kappa shape index (κ2) is 5.51. The number of nitrogens with zero attached hydrogens (tertiary/aromatic N) is 2. The molecule has 3 aliphatic heterocycles. The SMILES string of the molecule is CC1(C)[C@@H](Nc2noc3c(C(F)(F)F)c(Cl)ccc23)C2CCN1CC2. The number of fused-ring (bicyclic) bond motifs is 4. The molecule has 1 aromatic carbocycles. The number of benzene rings is 1. The van der Waals surface area contributed by atoms with Crippen LogP contribution in [0.25, 0.3) is 11.0 Å². The van der Waals surface area contributed by atoms with Crippen LogP contribution < -0.4 is 5.32 Å². The molecule has 25 heavy (non-hydrogen) atoms. The maximum Gasteiger partial charge on any atom is 0.421 e. The summed E-state index contributed by atoms with van der Waals surface area (Å²) in [6, 6.07) is 2.88. The van der Waals surface area contributed by atoms with Gasteiger partial charge in [-0.25, -0.2) is 0 Å². The number of hydrogen-bond acceptors (Lipinski definition) is 4. The first-order valence-corrected chi connectivity index (χ1v) is 8.74. The summed E-state index contributed by atoms with van der Waals surface area (Å²) in [5.41, 5.74) is -1.38. The van der Waals surface area contributed by atoms with E-state index in [2.05, 4.69) is 29.2 Å². The number of alkyl halides is 3. The molecule has 3 aliphatic rings. The van der Waals surface area contributed by atoms with Gasteiger partial charge in [0.1, 0.15) is 5.56 Å². The summed E-state index contributed by atoms with van der Waals surface area (Å²) in [6.07, 6.45) is -2.44. The molecule has 3 saturated heterocycles. The molecule has 4 heterocycles. The molecule has 0 spiro atoms. The van der Waals surface area contributed by atoms with E-state index in [0.717, 1.165) is 25.9 Å². The molecule has 1 atom stereocenters. The van der Waals surface area contributed by atoms with Crippen molar-refractivity contribution in [3.8, 4) is 0 Å². The van der Waals surface area contributed by atoms with E-state index in [1.165, 1.54) is 12.1 Å². The maximum atomic E-state index is 13.3. The van der Waals surface area contributed by atoms with Gasteiger partial charge in [-0.15, -0.1) is 0 Å². The zero-order valence-electron chi connectivity index (χ0n) is 14.0. The van der Waals surface area contributed by atoms with Crippen LogP contribution in [0, 0.1) is 5.92 Å². The quantitative estimate of drug-likeness (QED) is 0.822. The molecule has 2 bridgehead atoms. The van der Waals surface area contributed by atoms with Crippen LogP contribution in [-0.4, -0.2) is 34.7 Å². The summed E-state index contributed by atoms with van der Waals surface area (Å²) in [6.45, 7) is 6.44. The van der Waals surface area contributed by atoms with Crippen LogP contribution in [0.2, 0.25) is 5.02 Å². The molecule has 0 radical (unpaired) electrons. The largest absolute Gasteiger partial charge is 0.421 e. The second-order valence-electron chi connectivity index (χ2n) is 7.43. The third kappa shape index (κ3) is 2.59. The monoisotopic (exact) mass is 373 g/mol. The molecule has 5 rings (SSSR count). The lowest BCUT2D eigenvalue weighted by Crippen LogP contribution is -2.66. The molecule has 4 nitrogen and oxygen atoms in total. The van der Waals surface area contributed by atoms with Gasteiger partial charge in [0.25, 0.3) is 0 Å². The normalized spacial score (nSPS) is 28.5. The van der Waals surface area contributed by atoms with Gasteiger partial charge >= 0.3 is 6.18 Å². The first-order valence-electron chi connectivity index (χ1n) is 8.36. The van der Waals surface area contributed by atoms with Crippen LogP contribution in [-0.2, 0) is 6.18 Å². The molecule has 0 unspecified atom stereocenters. The van der Waals surface area contributed by atoms with Gasteiger partial charge in [0.2, 0.25) is 0 Å². The number of nitrogens with one attached hydrogen (secondary N) is 1. The van der Waals surface area contributed by atoms with Crippen LogP contribution >= 0.6 is 11.6 Å². The van der Waals surface area contributed by atoms with E-state index < -0.39 is 11.7 Å². The zero-order chi connectivity index (χ0) is 18.0. The van der Waals surface area contributed by atoms with Crippen LogP contribution in [0.1, 0.15) is 32.3 Å². The van der Waals surface area contributed by atoms with Crippen LogP contribution in [0.3, 0.4) is 0 Å². The van der Waals surface area contributed by atoms with E-state index >= 15 is 0 Å². The summed E-state index contributed by atoms with van der Waals surface area (Å²) in [4.78, 5) is 2.42. The van der Waals surface area contributed by atoms with E-state index in [1.807, 2.05) is 0 Å². The van der Waals surface area contributed by atoms with Gasteiger partial charge in [-0.2, -0.15) is 13.2 Å². The topological polar surface area (TPSA) is 41.3 Å². The predicted octanol–water partition coefficient (Wildman–Crippen LogP) is 4.78. The van der Waals surface area contributed by atoms with Crippen molar-refractivity contribution >= 4 is 28.4 Å². The Morgan fingerprint density at radius 3 is 2.56 bits per heavy atom. The van der Waals surface area contributed by atoms with Crippen LogP contribution in [0.4, 0.5) is 19.0 Å². The van der Waals surface area contributed by atoms with Crippen molar-refractivity contribution in [1.29, 1.82) is 0 Å². The third-order valence-corrected chi connectivity index (χ3v) is 6.07. The van der Waals surface area contributed by atoms with Crippen molar-refractivity contribution in [3.63, 3.8) is 0 Å². The summed E-state index contributed by atoms with van der Waals surface area (Å²) in [5.74, 6) is 0.824. The first-order chi connectivity index (χ1) is 11.7. The van der Waals surface area contributed by atoms with Crippen molar-refractivity contribution < 1.29 is 17.7 Å². The zero-order valence-corrected chi connectivity index (χ0v) is 14.7. The van der Waals surface area contributed by atoms with Gasteiger partial charge in [0, 0.05) is 11.6 Å². The van der Waals surface area contributed by atoms with Crippen molar-refractivity contribution in [3.05, 3.63) is 22.7 Å². The highest BCUT2D eigenvalue weighted by Gasteiger charge is 2.48.